The molecule has 0 fully saturated rings. The van der Waals surface area contributed by atoms with Gasteiger partial charge in [-0.1, -0.05) is 34.8 Å². The van der Waals surface area contributed by atoms with E-state index in [4.69, 9.17) is 43.9 Å². The fourth-order valence-electron chi connectivity index (χ4n) is 1.90. The summed E-state index contributed by atoms with van der Waals surface area (Å²) >= 11 is 17.2. The fourth-order valence-corrected chi connectivity index (χ4v) is 4.23. The molecule has 2 aromatic carbocycles. The summed E-state index contributed by atoms with van der Waals surface area (Å²) in [7, 11) is -9.42. The summed E-state index contributed by atoms with van der Waals surface area (Å²) in [4.78, 5) is 11.1. The van der Waals surface area contributed by atoms with Gasteiger partial charge in [-0.3, -0.25) is 13.9 Å². The van der Waals surface area contributed by atoms with Crippen molar-refractivity contribution in [2.75, 3.05) is 0 Å². The predicted octanol–water partition coefficient (Wildman–Crippen LogP) is 3.37. The molecule has 0 spiro atoms. The normalized spacial score (nSPS) is 12.2. The first-order chi connectivity index (χ1) is 11.3. The minimum atomic E-state index is -4.73. The molecule has 0 amide bonds. The van der Waals surface area contributed by atoms with Crippen molar-refractivity contribution in [2.45, 2.75) is 9.79 Å². The van der Waals surface area contributed by atoms with Gasteiger partial charge < -0.3 is 0 Å². The van der Waals surface area contributed by atoms with Crippen LogP contribution in [0.25, 0.3) is 0 Å². The summed E-state index contributed by atoms with van der Waals surface area (Å²) in [5.41, 5.74) is -0.607. The van der Waals surface area contributed by atoms with Gasteiger partial charge in [0.1, 0.15) is 9.79 Å². The molecule has 12 heteroatoms. The van der Waals surface area contributed by atoms with E-state index in [0.717, 1.165) is 30.3 Å². The molecule has 2 rings (SSSR count). The third-order valence-corrected chi connectivity index (χ3v) is 5.98. The molecule has 2 aromatic rings. The molecule has 0 unspecified atom stereocenters. The minimum Gasteiger partial charge on any atom is -0.289 e. The minimum absolute atomic E-state index is 0.231. The van der Waals surface area contributed by atoms with Crippen molar-refractivity contribution in [3.05, 3.63) is 56.5 Å². The monoisotopic (exact) mass is 444 g/mol. The molecule has 2 N–H and O–H groups in total. The first-order valence-electron chi connectivity index (χ1n) is 6.10. The Hall–Kier alpha value is -1.20. The number of carbonyl (C=O) groups excluding carboxylic acids is 1. The van der Waals surface area contributed by atoms with Crippen molar-refractivity contribution < 1.29 is 30.7 Å². The Balaban J connectivity index is 2.67. The van der Waals surface area contributed by atoms with E-state index in [1.807, 2.05) is 0 Å². The highest BCUT2D eigenvalue weighted by atomic mass is 35.5. The maximum absolute atomic E-state index is 12.5. The second-order valence-electron chi connectivity index (χ2n) is 4.69. The van der Waals surface area contributed by atoms with Crippen LogP contribution in [0.2, 0.25) is 15.1 Å². The number of carbonyl (C=O) groups is 1. The van der Waals surface area contributed by atoms with Gasteiger partial charge >= 0.3 is 0 Å². The van der Waals surface area contributed by atoms with E-state index in [9.17, 15) is 21.6 Å². The van der Waals surface area contributed by atoms with E-state index >= 15 is 0 Å². The van der Waals surface area contributed by atoms with Crippen LogP contribution >= 0.6 is 34.8 Å². The Bertz CT molecular complexity index is 1090. The molecular formula is C13H7Cl3O7S2. The predicted molar refractivity (Wildman–Crippen MR) is 91.0 cm³/mol. The lowest BCUT2D eigenvalue weighted by atomic mass is 10.0. The molecule has 0 atom stereocenters. The van der Waals surface area contributed by atoms with Crippen molar-refractivity contribution in [3.63, 3.8) is 0 Å². The van der Waals surface area contributed by atoms with Crippen molar-refractivity contribution in [1.29, 1.82) is 0 Å². The van der Waals surface area contributed by atoms with Crippen molar-refractivity contribution in [3.8, 4) is 0 Å². The van der Waals surface area contributed by atoms with Crippen molar-refractivity contribution in [2.24, 2.45) is 0 Å². The molecule has 0 heterocycles. The molecule has 0 aliphatic rings. The Labute approximate surface area is 157 Å². The van der Waals surface area contributed by atoms with Gasteiger partial charge in [-0.15, -0.1) is 0 Å². The van der Waals surface area contributed by atoms with Crippen LogP contribution in [-0.4, -0.2) is 31.7 Å². The lowest BCUT2D eigenvalue weighted by molar-refractivity contribution is 0.103. The number of benzene rings is 2. The van der Waals surface area contributed by atoms with Crippen LogP contribution in [0.3, 0.4) is 0 Å². The van der Waals surface area contributed by atoms with E-state index in [1.54, 1.807) is 0 Å². The molecule has 25 heavy (non-hydrogen) atoms. The van der Waals surface area contributed by atoms with Crippen LogP contribution < -0.4 is 0 Å². The second kappa shape index (κ2) is 6.84. The lowest BCUT2D eigenvalue weighted by Crippen LogP contribution is -2.08. The zero-order valence-electron chi connectivity index (χ0n) is 11.8. The summed E-state index contributed by atoms with van der Waals surface area (Å²) in [6.45, 7) is 0. The smallest absolute Gasteiger partial charge is 0.289 e. The number of ketones is 1. The van der Waals surface area contributed by atoms with Gasteiger partial charge in [0.25, 0.3) is 20.2 Å². The van der Waals surface area contributed by atoms with Crippen LogP contribution in [0.4, 0.5) is 0 Å². The standard InChI is InChI=1S/C13H7Cl3O7S2/c14-8-2-1-6(3-11(8)24(18,19)20)13(17)7-4-12(25(21,22)23)10(16)5-9(7)15/h1-5H,(H,18,19,20)(H,21,22,23). The summed E-state index contributed by atoms with van der Waals surface area (Å²) < 4.78 is 63.4. The van der Waals surface area contributed by atoms with Crippen molar-refractivity contribution in [1.82, 2.24) is 0 Å². The van der Waals surface area contributed by atoms with Crippen LogP contribution in [0, 0.1) is 0 Å². The Kier molecular flexibility index (Phi) is 5.50. The third kappa shape index (κ3) is 4.32. The Morgan fingerprint density at radius 3 is 1.80 bits per heavy atom. The molecule has 0 bridgehead atoms. The molecule has 0 aliphatic carbocycles. The summed E-state index contributed by atoms with van der Waals surface area (Å²) in [5, 5.41) is -0.954. The summed E-state index contributed by atoms with van der Waals surface area (Å²) in [6, 6.07) is 4.71. The quantitative estimate of drug-likeness (QED) is 0.546. The van der Waals surface area contributed by atoms with E-state index in [-0.39, 0.29) is 21.2 Å². The topological polar surface area (TPSA) is 126 Å². The van der Waals surface area contributed by atoms with E-state index in [2.05, 4.69) is 0 Å². The first kappa shape index (κ1) is 20.1. The van der Waals surface area contributed by atoms with Crippen molar-refractivity contribution >= 4 is 60.8 Å². The molecule has 0 aromatic heterocycles. The SMILES string of the molecule is O=C(c1ccc(Cl)c(S(=O)(=O)O)c1)c1cc(S(=O)(=O)O)c(Cl)cc1Cl. The van der Waals surface area contributed by atoms with Gasteiger partial charge in [0, 0.05) is 11.1 Å². The average Bonchev–Trinajstić information content (AvgIpc) is 2.44. The molecule has 0 saturated carbocycles. The van der Waals surface area contributed by atoms with Gasteiger partial charge in [0.2, 0.25) is 0 Å². The van der Waals surface area contributed by atoms with Crippen LogP contribution in [0.1, 0.15) is 15.9 Å². The maximum atomic E-state index is 12.5. The van der Waals surface area contributed by atoms with Gasteiger partial charge in [-0.2, -0.15) is 16.8 Å². The molecule has 0 aliphatic heterocycles. The number of hydrogen-bond donors (Lipinski definition) is 2. The molecule has 0 saturated heterocycles. The second-order valence-corrected chi connectivity index (χ2v) is 8.69. The van der Waals surface area contributed by atoms with Crippen LogP contribution in [0.5, 0.6) is 0 Å². The molecular weight excluding hydrogens is 439 g/mol. The highest BCUT2D eigenvalue weighted by Crippen LogP contribution is 2.31. The number of rotatable bonds is 4. The molecule has 134 valence electrons. The third-order valence-electron chi connectivity index (χ3n) is 3.02. The molecule has 0 radical (unpaired) electrons. The van der Waals surface area contributed by atoms with Gasteiger partial charge in [0.15, 0.2) is 5.78 Å². The zero-order chi connectivity index (χ0) is 19.2. The maximum Gasteiger partial charge on any atom is 0.296 e. The first-order valence-corrected chi connectivity index (χ1v) is 10.1. The van der Waals surface area contributed by atoms with E-state index < -0.39 is 40.8 Å². The number of hydrogen-bond acceptors (Lipinski definition) is 5. The largest absolute Gasteiger partial charge is 0.296 e. The highest BCUT2D eigenvalue weighted by molar-refractivity contribution is 7.86. The van der Waals surface area contributed by atoms with Gasteiger partial charge in [-0.25, -0.2) is 0 Å². The molecule has 7 nitrogen and oxygen atoms in total. The van der Waals surface area contributed by atoms with Gasteiger partial charge in [-0.05, 0) is 30.3 Å². The Morgan fingerprint density at radius 2 is 1.28 bits per heavy atom. The average molecular weight is 446 g/mol. The Morgan fingerprint density at radius 1 is 0.760 bits per heavy atom. The van der Waals surface area contributed by atoms with E-state index in [0.29, 0.717) is 0 Å². The zero-order valence-corrected chi connectivity index (χ0v) is 15.7. The number of halogens is 3. The van der Waals surface area contributed by atoms with Crippen LogP contribution in [-0.2, 0) is 20.2 Å². The highest BCUT2D eigenvalue weighted by Gasteiger charge is 2.23. The summed E-state index contributed by atoms with van der Waals surface area (Å²) in [6.07, 6.45) is 0. The van der Waals surface area contributed by atoms with E-state index in [1.165, 1.54) is 0 Å². The lowest BCUT2D eigenvalue weighted by Gasteiger charge is -2.09. The van der Waals surface area contributed by atoms with Gasteiger partial charge in [0.05, 0.1) is 15.1 Å². The fraction of sp³-hybridized carbons (Fsp3) is 0. The van der Waals surface area contributed by atoms with Crippen LogP contribution in [0.15, 0.2) is 40.1 Å². The summed E-state index contributed by atoms with van der Waals surface area (Å²) in [5.74, 6) is -0.881.